The molecule has 0 saturated heterocycles. The molecule has 1 aromatic carbocycles. The molecule has 0 amide bonds. The Kier molecular flexibility index (Phi) is 6.43. The average molecular weight is 331 g/mol. The predicted octanol–water partition coefficient (Wildman–Crippen LogP) is 3.09. The van der Waals surface area contributed by atoms with Gasteiger partial charge in [-0.1, -0.05) is 15.9 Å². The smallest absolute Gasteiger partial charge is 0.338 e. The van der Waals surface area contributed by atoms with E-state index in [1.807, 2.05) is 18.4 Å². The molecule has 0 aliphatic rings. The van der Waals surface area contributed by atoms with Gasteiger partial charge in [0.1, 0.15) is 5.78 Å². The highest BCUT2D eigenvalue weighted by atomic mass is 79.9. The van der Waals surface area contributed by atoms with E-state index in [2.05, 4.69) is 15.9 Å². The first-order chi connectivity index (χ1) is 8.62. The summed E-state index contributed by atoms with van der Waals surface area (Å²) in [6.07, 6.45) is 2.20. The summed E-state index contributed by atoms with van der Waals surface area (Å²) in [5.74, 6) is -0.332. The number of Topliss-reactive ketones (excluding diaryl/α,β-unsaturated/α-hetero) is 1. The number of hydrogen-bond acceptors (Lipinski definition) is 4. The maximum atomic E-state index is 11.8. The number of ketones is 1. The Labute approximate surface area is 119 Å². The van der Waals surface area contributed by atoms with Crippen molar-refractivity contribution in [2.24, 2.45) is 0 Å². The molecule has 0 bridgehead atoms. The Balaban J connectivity index is 3.07. The molecule has 1 rings (SSSR count). The molecule has 0 radical (unpaired) electrons. The van der Waals surface area contributed by atoms with Gasteiger partial charge in [0, 0.05) is 11.3 Å². The van der Waals surface area contributed by atoms with Gasteiger partial charge in [-0.2, -0.15) is 0 Å². The van der Waals surface area contributed by atoms with Crippen molar-refractivity contribution in [1.29, 1.82) is 0 Å². The minimum atomic E-state index is -0.373. The lowest BCUT2D eigenvalue weighted by Gasteiger charge is -2.09. The quantitative estimate of drug-likeness (QED) is 0.456. The van der Waals surface area contributed by atoms with E-state index in [1.54, 1.807) is 24.8 Å². The molecule has 0 aliphatic heterocycles. The number of ether oxygens (including phenoxy) is 1. The number of benzene rings is 1. The van der Waals surface area contributed by atoms with Crippen LogP contribution < -0.4 is 0 Å². The van der Waals surface area contributed by atoms with Crippen molar-refractivity contribution in [2.45, 2.75) is 18.2 Å². The molecule has 0 fully saturated rings. The summed E-state index contributed by atoms with van der Waals surface area (Å²) in [7, 11) is 0. The first kappa shape index (κ1) is 15.2. The summed E-state index contributed by atoms with van der Waals surface area (Å²) < 4.78 is 4.99. The topological polar surface area (TPSA) is 43.4 Å². The largest absolute Gasteiger partial charge is 0.462 e. The van der Waals surface area contributed by atoms with Gasteiger partial charge >= 0.3 is 5.97 Å². The van der Waals surface area contributed by atoms with E-state index in [0.717, 1.165) is 10.5 Å². The second-order valence-electron chi connectivity index (χ2n) is 3.59. The predicted molar refractivity (Wildman–Crippen MR) is 76.7 cm³/mol. The van der Waals surface area contributed by atoms with Crippen LogP contribution in [0.15, 0.2) is 23.1 Å². The Morgan fingerprint density at radius 1 is 1.39 bits per heavy atom. The summed E-state index contributed by atoms with van der Waals surface area (Å²) >= 11 is 4.71. The van der Waals surface area contributed by atoms with E-state index in [4.69, 9.17) is 4.74 Å². The van der Waals surface area contributed by atoms with Crippen LogP contribution in [0.5, 0.6) is 0 Å². The number of alkyl halides is 1. The first-order valence-electron chi connectivity index (χ1n) is 5.54. The zero-order valence-electron chi connectivity index (χ0n) is 10.4. The van der Waals surface area contributed by atoms with E-state index >= 15 is 0 Å². The van der Waals surface area contributed by atoms with Crippen LogP contribution in [-0.4, -0.2) is 29.9 Å². The number of esters is 1. The molecule has 0 heterocycles. The van der Waals surface area contributed by atoms with Crippen LogP contribution in [0.25, 0.3) is 0 Å². The third kappa shape index (κ3) is 4.14. The fourth-order valence-electron chi connectivity index (χ4n) is 1.51. The third-order valence-electron chi connectivity index (χ3n) is 2.34. The molecule has 5 heteroatoms. The molecule has 0 unspecified atom stereocenters. The van der Waals surface area contributed by atoms with Crippen molar-refractivity contribution in [2.75, 3.05) is 18.2 Å². The summed E-state index contributed by atoms with van der Waals surface area (Å²) in [6, 6.07) is 5.46. The zero-order valence-corrected chi connectivity index (χ0v) is 12.8. The first-order valence-corrected chi connectivity index (χ1v) is 7.88. The fourth-order valence-corrected chi connectivity index (χ4v) is 2.17. The summed E-state index contributed by atoms with van der Waals surface area (Å²) in [6.45, 7) is 2.09. The Hall–Kier alpha value is -0.810. The van der Waals surface area contributed by atoms with Crippen molar-refractivity contribution in [1.82, 2.24) is 0 Å². The molecule has 1 aromatic rings. The molecule has 3 nitrogen and oxygen atoms in total. The maximum absolute atomic E-state index is 11.8. The van der Waals surface area contributed by atoms with Crippen molar-refractivity contribution in [3.8, 4) is 0 Å². The minimum Gasteiger partial charge on any atom is -0.462 e. The summed E-state index contributed by atoms with van der Waals surface area (Å²) in [5, 5.41) is 0.290. The summed E-state index contributed by atoms with van der Waals surface area (Å²) in [4.78, 5) is 24.3. The van der Waals surface area contributed by atoms with Gasteiger partial charge < -0.3 is 4.74 Å². The van der Waals surface area contributed by atoms with Gasteiger partial charge in [0.25, 0.3) is 0 Å². The molecule has 0 N–H and O–H groups in total. The van der Waals surface area contributed by atoms with Crippen LogP contribution in [0.2, 0.25) is 0 Å². The second-order valence-corrected chi connectivity index (χ2v) is 5.03. The van der Waals surface area contributed by atoms with Crippen LogP contribution in [0.3, 0.4) is 0 Å². The second kappa shape index (κ2) is 7.59. The van der Waals surface area contributed by atoms with Crippen LogP contribution in [0.1, 0.15) is 22.8 Å². The Morgan fingerprint density at radius 3 is 2.67 bits per heavy atom. The van der Waals surface area contributed by atoms with Gasteiger partial charge in [-0.3, -0.25) is 4.79 Å². The number of halogens is 1. The number of thioether (sulfide) groups is 1. The SMILES string of the molecule is CCOC(=O)c1ccc(SC)cc1CC(=O)CBr. The van der Waals surface area contributed by atoms with Crippen molar-refractivity contribution < 1.29 is 14.3 Å². The molecule has 0 atom stereocenters. The van der Waals surface area contributed by atoms with Gasteiger partial charge in [0.2, 0.25) is 0 Å². The van der Waals surface area contributed by atoms with Crippen LogP contribution in [-0.2, 0) is 16.0 Å². The number of rotatable bonds is 6. The van der Waals surface area contributed by atoms with Gasteiger partial charge in [-0.05, 0) is 36.9 Å². The Morgan fingerprint density at radius 2 is 2.11 bits per heavy atom. The van der Waals surface area contributed by atoms with Gasteiger partial charge in [0.15, 0.2) is 0 Å². The lowest BCUT2D eigenvalue weighted by molar-refractivity contribution is -0.115. The zero-order chi connectivity index (χ0) is 13.5. The molecular weight excluding hydrogens is 316 g/mol. The van der Waals surface area contributed by atoms with E-state index in [9.17, 15) is 9.59 Å². The van der Waals surface area contributed by atoms with E-state index in [0.29, 0.717) is 17.5 Å². The van der Waals surface area contributed by atoms with Gasteiger partial charge in [0.05, 0.1) is 17.5 Å². The lowest BCUT2D eigenvalue weighted by atomic mass is 10.0. The van der Waals surface area contributed by atoms with E-state index < -0.39 is 0 Å². The van der Waals surface area contributed by atoms with Crippen LogP contribution >= 0.6 is 27.7 Å². The average Bonchev–Trinajstić information content (AvgIpc) is 2.38. The molecular formula is C13H15BrO3S. The monoisotopic (exact) mass is 330 g/mol. The molecule has 0 spiro atoms. The van der Waals surface area contributed by atoms with E-state index in [1.165, 1.54) is 0 Å². The Bertz CT molecular complexity index is 446. The third-order valence-corrected chi connectivity index (χ3v) is 3.70. The highest BCUT2D eigenvalue weighted by molar-refractivity contribution is 9.09. The highest BCUT2D eigenvalue weighted by Gasteiger charge is 2.15. The van der Waals surface area contributed by atoms with Crippen molar-refractivity contribution in [3.05, 3.63) is 29.3 Å². The molecule has 18 heavy (non-hydrogen) atoms. The molecule has 0 aliphatic carbocycles. The van der Waals surface area contributed by atoms with E-state index in [-0.39, 0.29) is 18.2 Å². The summed E-state index contributed by atoms with van der Waals surface area (Å²) in [5.41, 5.74) is 1.20. The number of hydrogen-bond donors (Lipinski definition) is 0. The van der Waals surface area contributed by atoms with Crippen molar-refractivity contribution >= 4 is 39.4 Å². The number of carbonyl (C=O) groups is 2. The van der Waals surface area contributed by atoms with Gasteiger partial charge in [-0.15, -0.1) is 11.8 Å². The molecule has 0 aromatic heterocycles. The van der Waals surface area contributed by atoms with Crippen LogP contribution in [0.4, 0.5) is 0 Å². The highest BCUT2D eigenvalue weighted by Crippen LogP contribution is 2.21. The normalized spacial score (nSPS) is 10.2. The lowest BCUT2D eigenvalue weighted by Crippen LogP contribution is -2.12. The standard InChI is InChI=1S/C13H15BrO3S/c1-3-17-13(16)12-5-4-11(18-2)7-9(12)6-10(15)8-14/h4-5,7H,3,6,8H2,1-2H3. The molecule has 98 valence electrons. The number of carbonyl (C=O) groups excluding carboxylic acids is 2. The maximum Gasteiger partial charge on any atom is 0.338 e. The minimum absolute atomic E-state index is 0.0406. The van der Waals surface area contributed by atoms with Crippen LogP contribution in [0, 0.1) is 0 Å². The van der Waals surface area contributed by atoms with Gasteiger partial charge in [-0.25, -0.2) is 4.79 Å². The van der Waals surface area contributed by atoms with Crippen molar-refractivity contribution in [3.63, 3.8) is 0 Å². The molecule has 0 saturated carbocycles. The fraction of sp³-hybridized carbons (Fsp3) is 0.385.